The Hall–Kier alpha value is -1.54. The van der Waals surface area contributed by atoms with Gasteiger partial charge in [-0.25, -0.2) is 9.78 Å². The van der Waals surface area contributed by atoms with Crippen molar-refractivity contribution in [1.29, 1.82) is 5.26 Å². The number of nitrogens with one attached hydrogen (secondary N) is 1. The lowest BCUT2D eigenvalue weighted by Crippen LogP contribution is -2.05. The third-order valence-electron chi connectivity index (χ3n) is 1.38. The van der Waals surface area contributed by atoms with Crippen molar-refractivity contribution in [3.05, 3.63) is 16.7 Å². The van der Waals surface area contributed by atoms with Crippen LogP contribution in [0.4, 0.5) is 0 Å². The van der Waals surface area contributed by atoms with Gasteiger partial charge in [-0.1, -0.05) is 0 Å². The average Bonchev–Trinajstić information content (AvgIpc) is 2.46. The number of halogens is 1. The Kier molecular flexibility index (Phi) is 2.88. The predicted molar refractivity (Wildman–Crippen MR) is 44.3 cm³/mol. The van der Waals surface area contributed by atoms with Crippen LogP contribution in [0.1, 0.15) is 16.2 Å². The molecule has 1 aromatic rings. The first-order chi connectivity index (χ1) is 6.19. The standard InChI is InChI=1S/C7H6ClN3O2/c1-13-6(12)5-4(2-3-9)10-7(8)11-5/h2H2,1H3,(H,10,11). The molecule has 13 heavy (non-hydrogen) atoms. The van der Waals surface area contributed by atoms with Crippen molar-refractivity contribution < 1.29 is 9.53 Å². The highest BCUT2D eigenvalue weighted by molar-refractivity contribution is 6.28. The quantitative estimate of drug-likeness (QED) is 0.719. The predicted octanol–water partition coefficient (Wildman–Crippen LogP) is 0.916. The van der Waals surface area contributed by atoms with E-state index in [-0.39, 0.29) is 17.4 Å². The maximum atomic E-state index is 11.0. The molecule has 0 spiro atoms. The summed E-state index contributed by atoms with van der Waals surface area (Å²) in [7, 11) is 1.24. The van der Waals surface area contributed by atoms with Crippen LogP contribution >= 0.6 is 11.6 Å². The lowest BCUT2D eigenvalue weighted by atomic mass is 10.2. The van der Waals surface area contributed by atoms with Crippen molar-refractivity contribution >= 4 is 17.6 Å². The minimum absolute atomic E-state index is 0.0458. The van der Waals surface area contributed by atoms with Crippen LogP contribution in [-0.2, 0) is 11.2 Å². The van der Waals surface area contributed by atoms with E-state index in [1.807, 2.05) is 6.07 Å². The first-order valence-corrected chi connectivity index (χ1v) is 3.76. The first-order valence-electron chi connectivity index (χ1n) is 3.38. The molecule has 68 valence electrons. The summed E-state index contributed by atoms with van der Waals surface area (Å²) < 4.78 is 4.45. The van der Waals surface area contributed by atoms with Crippen molar-refractivity contribution in [3.8, 4) is 6.07 Å². The number of aromatic nitrogens is 2. The number of rotatable bonds is 2. The van der Waals surface area contributed by atoms with Crippen LogP contribution < -0.4 is 0 Å². The number of nitrogens with zero attached hydrogens (tertiary/aromatic N) is 2. The van der Waals surface area contributed by atoms with Crippen LogP contribution in [-0.4, -0.2) is 23.0 Å². The number of hydrogen-bond acceptors (Lipinski definition) is 4. The fourth-order valence-electron chi connectivity index (χ4n) is 0.850. The minimum atomic E-state index is -0.603. The summed E-state index contributed by atoms with van der Waals surface area (Å²) in [5.41, 5.74) is 0.438. The number of imidazole rings is 1. The molecule has 1 heterocycles. The van der Waals surface area contributed by atoms with Gasteiger partial charge in [0.1, 0.15) is 0 Å². The highest BCUT2D eigenvalue weighted by Gasteiger charge is 2.16. The van der Waals surface area contributed by atoms with Crippen LogP contribution in [0.2, 0.25) is 5.28 Å². The van der Waals surface area contributed by atoms with Crippen molar-refractivity contribution in [2.75, 3.05) is 7.11 Å². The van der Waals surface area contributed by atoms with E-state index in [4.69, 9.17) is 16.9 Å². The number of aromatic amines is 1. The summed E-state index contributed by atoms with van der Waals surface area (Å²) in [4.78, 5) is 17.3. The van der Waals surface area contributed by atoms with Crippen LogP contribution in [0.5, 0.6) is 0 Å². The van der Waals surface area contributed by atoms with Gasteiger partial charge in [-0.2, -0.15) is 5.26 Å². The summed E-state index contributed by atoms with van der Waals surface area (Å²) in [6.07, 6.45) is 0.0458. The fourth-order valence-corrected chi connectivity index (χ4v) is 1.05. The molecule has 0 aliphatic heterocycles. The number of nitriles is 1. The Morgan fingerprint density at radius 2 is 2.54 bits per heavy atom. The molecule has 0 atom stereocenters. The molecule has 5 nitrogen and oxygen atoms in total. The van der Waals surface area contributed by atoms with E-state index in [0.717, 1.165) is 0 Å². The van der Waals surface area contributed by atoms with E-state index < -0.39 is 5.97 Å². The zero-order valence-corrected chi connectivity index (χ0v) is 7.55. The molecule has 0 unspecified atom stereocenters. The van der Waals surface area contributed by atoms with Gasteiger partial charge in [0.15, 0.2) is 5.69 Å². The Labute approximate surface area is 79.3 Å². The van der Waals surface area contributed by atoms with Crippen molar-refractivity contribution in [3.63, 3.8) is 0 Å². The third-order valence-corrected chi connectivity index (χ3v) is 1.56. The van der Waals surface area contributed by atoms with Gasteiger partial charge >= 0.3 is 5.97 Å². The number of esters is 1. The number of methoxy groups -OCH3 is 1. The topological polar surface area (TPSA) is 78.8 Å². The van der Waals surface area contributed by atoms with E-state index in [2.05, 4.69) is 14.7 Å². The van der Waals surface area contributed by atoms with Gasteiger partial charge in [0.05, 0.1) is 25.3 Å². The molecule has 6 heteroatoms. The van der Waals surface area contributed by atoms with Gasteiger partial charge < -0.3 is 9.72 Å². The summed E-state index contributed by atoms with van der Waals surface area (Å²) in [5, 5.41) is 8.49. The molecule has 0 fully saturated rings. The molecular formula is C7H6ClN3O2. The summed E-state index contributed by atoms with van der Waals surface area (Å²) in [6.45, 7) is 0. The Bertz CT molecular complexity index is 366. The van der Waals surface area contributed by atoms with Crippen molar-refractivity contribution in [2.45, 2.75) is 6.42 Å². The third kappa shape index (κ3) is 1.98. The summed E-state index contributed by atoms with van der Waals surface area (Å²) >= 11 is 5.52. The lowest BCUT2D eigenvalue weighted by molar-refractivity contribution is 0.0593. The van der Waals surface area contributed by atoms with Crippen LogP contribution in [0, 0.1) is 11.3 Å². The molecule has 0 bridgehead atoms. The van der Waals surface area contributed by atoms with Crippen molar-refractivity contribution in [2.24, 2.45) is 0 Å². The maximum Gasteiger partial charge on any atom is 0.358 e. The van der Waals surface area contributed by atoms with E-state index in [9.17, 15) is 4.79 Å². The first kappa shape index (κ1) is 9.55. The Morgan fingerprint density at radius 1 is 1.85 bits per heavy atom. The van der Waals surface area contributed by atoms with E-state index >= 15 is 0 Å². The van der Waals surface area contributed by atoms with Gasteiger partial charge in [-0.3, -0.25) is 0 Å². The second-order valence-electron chi connectivity index (χ2n) is 2.18. The molecule has 1 N–H and O–H groups in total. The van der Waals surface area contributed by atoms with Gasteiger partial charge in [0, 0.05) is 0 Å². The molecule has 0 radical (unpaired) electrons. The second kappa shape index (κ2) is 3.92. The highest BCUT2D eigenvalue weighted by atomic mass is 35.5. The number of carbonyl (C=O) groups is 1. The summed E-state index contributed by atoms with van der Waals surface area (Å²) in [6, 6.07) is 1.88. The van der Waals surface area contributed by atoms with Gasteiger partial charge in [-0.05, 0) is 11.6 Å². The van der Waals surface area contributed by atoms with Crippen LogP contribution in [0.3, 0.4) is 0 Å². The SMILES string of the molecule is COC(=O)c1nc(Cl)[nH]c1CC#N. The second-order valence-corrected chi connectivity index (χ2v) is 2.54. The molecule has 1 aromatic heterocycles. The molecular weight excluding hydrogens is 194 g/mol. The average molecular weight is 200 g/mol. The van der Waals surface area contributed by atoms with Crippen LogP contribution in [0.15, 0.2) is 0 Å². The van der Waals surface area contributed by atoms with E-state index in [1.54, 1.807) is 0 Å². The zero-order chi connectivity index (χ0) is 9.84. The van der Waals surface area contributed by atoms with Gasteiger partial charge in [-0.15, -0.1) is 0 Å². The molecule has 1 rings (SSSR count). The zero-order valence-electron chi connectivity index (χ0n) is 6.80. The van der Waals surface area contributed by atoms with Crippen molar-refractivity contribution in [1.82, 2.24) is 9.97 Å². The van der Waals surface area contributed by atoms with Gasteiger partial charge in [0.2, 0.25) is 5.28 Å². The number of hydrogen-bond donors (Lipinski definition) is 1. The van der Waals surface area contributed by atoms with E-state index in [0.29, 0.717) is 5.69 Å². The Morgan fingerprint density at radius 3 is 3.08 bits per heavy atom. The monoisotopic (exact) mass is 199 g/mol. The molecule has 0 amide bonds. The largest absolute Gasteiger partial charge is 0.464 e. The lowest BCUT2D eigenvalue weighted by Gasteiger charge is -1.94. The smallest absolute Gasteiger partial charge is 0.358 e. The molecule has 0 aliphatic carbocycles. The number of H-pyrrole nitrogens is 1. The molecule has 0 aromatic carbocycles. The molecule has 0 aliphatic rings. The minimum Gasteiger partial charge on any atom is -0.464 e. The Balaban J connectivity index is 3.05. The molecule has 0 saturated carbocycles. The maximum absolute atomic E-state index is 11.0. The summed E-state index contributed by atoms with van der Waals surface area (Å²) in [5.74, 6) is -0.603. The normalized spacial score (nSPS) is 9.31. The van der Waals surface area contributed by atoms with Crippen LogP contribution in [0.25, 0.3) is 0 Å². The number of carbonyl (C=O) groups excluding carboxylic acids is 1. The fraction of sp³-hybridized carbons (Fsp3) is 0.286. The molecule has 0 saturated heterocycles. The number of ether oxygens (including phenoxy) is 1. The van der Waals surface area contributed by atoms with Gasteiger partial charge in [0.25, 0.3) is 0 Å². The highest BCUT2D eigenvalue weighted by Crippen LogP contribution is 2.11. The van der Waals surface area contributed by atoms with E-state index in [1.165, 1.54) is 7.11 Å².